The lowest BCUT2D eigenvalue weighted by Crippen LogP contribution is -2.34. The van der Waals surface area contributed by atoms with E-state index in [0.29, 0.717) is 22.2 Å². The predicted octanol–water partition coefficient (Wildman–Crippen LogP) is 4.51. The van der Waals surface area contributed by atoms with Crippen LogP contribution in [0.15, 0.2) is 93.0 Å². The molecule has 0 saturated carbocycles. The van der Waals surface area contributed by atoms with Crippen LogP contribution in [0.1, 0.15) is 13.3 Å². The molecule has 0 fully saturated rings. The fraction of sp³-hybridized carbons (Fsp3) is 0.185. The Morgan fingerprint density at radius 1 is 0.972 bits per heavy atom. The van der Waals surface area contributed by atoms with Crippen LogP contribution in [0.3, 0.4) is 0 Å². The van der Waals surface area contributed by atoms with E-state index >= 15 is 0 Å². The van der Waals surface area contributed by atoms with Gasteiger partial charge in [-0.25, -0.2) is 12.7 Å². The van der Waals surface area contributed by atoms with Crippen LogP contribution in [0.2, 0.25) is 0 Å². The maximum atomic E-state index is 13.4. The van der Waals surface area contributed by atoms with E-state index in [9.17, 15) is 18.0 Å². The van der Waals surface area contributed by atoms with Crippen molar-refractivity contribution >= 4 is 32.6 Å². The number of nitrogens with zero attached hydrogens (tertiary/aromatic N) is 1. The number of carbonyl (C=O) groups excluding carboxylic acids is 1. The molecule has 4 rings (SSSR count). The van der Waals surface area contributed by atoms with Gasteiger partial charge in [-0.2, -0.15) is 0 Å². The van der Waals surface area contributed by atoms with E-state index in [1.54, 1.807) is 43.3 Å². The lowest BCUT2D eigenvalue weighted by molar-refractivity contribution is -0.122. The molecular formula is C27H26N2O6S. The van der Waals surface area contributed by atoms with Crippen molar-refractivity contribution in [2.24, 2.45) is 0 Å². The fourth-order valence-corrected chi connectivity index (χ4v) is 4.52. The summed E-state index contributed by atoms with van der Waals surface area (Å²) in [5.41, 5.74) is 1.08. The number of para-hydroxylation sites is 1. The molecule has 1 atom stereocenters. The zero-order valence-corrected chi connectivity index (χ0v) is 20.9. The number of hydrogen-bond donors (Lipinski definition) is 1. The Morgan fingerprint density at radius 3 is 2.25 bits per heavy atom. The van der Waals surface area contributed by atoms with Crippen LogP contribution >= 0.6 is 0 Å². The van der Waals surface area contributed by atoms with Gasteiger partial charge in [0.1, 0.15) is 5.58 Å². The minimum Gasteiger partial charge on any atom is -0.473 e. The van der Waals surface area contributed by atoms with Gasteiger partial charge in [0.15, 0.2) is 11.9 Å². The summed E-state index contributed by atoms with van der Waals surface area (Å²) in [6.45, 7) is 1.77. The monoisotopic (exact) mass is 506 g/mol. The largest absolute Gasteiger partial charge is 0.473 e. The number of amides is 1. The first-order valence-corrected chi connectivity index (χ1v) is 12.8. The van der Waals surface area contributed by atoms with Crippen molar-refractivity contribution < 1.29 is 22.4 Å². The maximum absolute atomic E-state index is 13.4. The molecule has 0 bridgehead atoms. The molecule has 186 valence electrons. The number of anilines is 1. The number of carbonyl (C=O) groups is 1. The Balaban J connectivity index is 1.65. The minimum absolute atomic E-state index is 0.0469. The highest BCUT2D eigenvalue weighted by molar-refractivity contribution is 7.89. The third-order valence-electron chi connectivity index (χ3n) is 5.62. The number of sulfonamides is 1. The van der Waals surface area contributed by atoms with Gasteiger partial charge in [-0.15, -0.1) is 0 Å². The average molecular weight is 507 g/mol. The van der Waals surface area contributed by atoms with E-state index in [2.05, 4.69) is 5.32 Å². The van der Waals surface area contributed by atoms with Gasteiger partial charge in [-0.05, 0) is 42.8 Å². The molecule has 9 heteroatoms. The second-order valence-electron chi connectivity index (χ2n) is 8.27. The molecule has 0 saturated heterocycles. The van der Waals surface area contributed by atoms with Crippen LogP contribution in [-0.4, -0.2) is 38.8 Å². The standard InChI is InChI=1S/C27H26N2O6S/c1-4-22(27(31)28-19-14-16-20(17-15-19)36(32,33)29(2)3)34-26-24(30)21-12-8-9-13-23(21)35-25(26)18-10-6-5-7-11-18/h5-17,22H,4H2,1-3H3,(H,28,31). The first-order valence-electron chi connectivity index (χ1n) is 11.3. The fourth-order valence-electron chi connectivity index (χ4n) is 3.62. The van der Waals surface area contributed by atoms with E-state index in [1.807, 2.05) is 18.2 Å². The van der Waals surface area contributed by atoms with Gasteiger partial charge in [-0.1, -0.05) is 49.4 Å². The van der Waals surface area contributed by atoms with E-state index in [0.717, 1.165) is 4.31 Å². The van der Waals surface area contributed by atoms with Crippen molar-refractivity contribution in [3.8, 4) is 17.1 Å². The Morgan fingerprint density at radius 2 is 1.61 bits per heavy atom. The minimum atomic E-state index is -3.59. The molecule has 0 aliphatic heterocycles. The molecule has 1 N–H and O–H groups in total. The molecule has 8 nitrogen and oxygen atoms in total. The Labute approximate surface area is 209 Å². The van der Waals surface area contributed by atoms with Crippen LogP contribution < -0.4 is 15.5 Å². The number of fused-ring (bicyclic) bond motifs is 1. The van der Waals surface area contributed by atoms with Gasteiger partial charge in [0.2, 0.25) is 21.2 Å². The van der Waals surface area contributed by atoms with Gasteiger partial charge < -0.3 is 14.5 Å². The zero-order chi connectivity index (χ0) is 25.9. The SMILES string of the molecule is CCC(Oc1c(-c2ccccc2)oc2ccccc2c1=O)C(=O)Nc1ccc(S(=O)(=O)N(C)C)cc1. The van der Waals surface area contributed by atoms with Crippen molar-refractivity contribution in [2.75, 3.05) is 19.4 Å². The summed E-state index contributed by atoms with van der Waals surface area (Å²) in [7, 11) is -0.696. The first kappa shape index (κ1) is 25.2. The van der Waals surface area contributed by atoms with Gasteiger partial charge >= 0.3 is 0 Å². The van der Waals surface area contributed by atoms with E-state index in [1.165, 1.54) is 38.4 Å². The molecule has 0 spiro atoms. The molecule has 1 aromatic heterocycles. The topological polar surface area (TPSA) is 106 Å². The molecule has 1 unspecified atom stereocenters. The summed E-state index contributed by atoms with van der Waals surface area (Å²) >= 11 is 0. The first-order chi connectivity index (χ1) is 17.2. The number of rotatable bonds is 8. The highest BCUT2D eigenvalue weighted by Gasteiger charge is 2.25. The van der Waals surface area contributed by atoms with Crippen molar-refractivity contribution in [2.45, 2.75) is 24.3 Å². The molecule has 3 aromatic carbocycles. The van der Waals surface area contributed by atoms with Gasteiger partial charge in [0.05, 0.1) is 10.3 Å². The van der Waals surface area contributed by atoms with E-state index < -0.39 is 22.0 Å². The second-order valence-corrected chi connectivity index (χ2v) is 10.4. The summed E-state index contributed by atoms with van der Waals surface area (Å²) < 4.78 is 37.7. The molecule has 36 heavy (non-hydrogen) atoms. The van der Waals surface area contributed by atoms with Gasteiger partial charge in [-0.3, -0.25) is 9.59 Å². The van der Waals surface area contributed by atoms with Crippen LogP contribution in [0.25, 0.3) is 22.3 Å². The average Bonchev–Trinajstić information content (AvgIpc) is 2.88. The summed E-state index contributed by atoms with van der Waals surface area (Å²) in [5, 5.41) is 3.08. The van der Waals surface area contributed by atoms with Gasteiger partial charge in [0.25, 0.3) is 5.91 Å². The number of nitrogens with one attached hydrogen (secondary N) is 1. The third-order valence-corrected chi connectivity index (χ3v) is 7.45. The predicted molar refractivity (Wildman–Crippen MR) is 139 cm³/mol. The highest BCUT2D eigenvalue weighted by atomic mass is 32.2. The number of benzene rings is 3. The van der Waals surface area contributed by atoms with Crippen LogP contribution in [-0.2, 0) is 14.8 Å². The number of ether oxygens (including phenoxy) is 1. The molecule has 1 amide bonds. The van der Waals surface area contributed by atoms with Crippen molar-refractivity contribution in [1.29, 1.82) is 0 Å². The number of hydrogen-bond acceptors (Lipinski definition) is 6. The van der Waals surface area contributed by atoms with Crippen LogP contribution in [0.4, 0.5) is 5.69 Å². The molecule has 4 aromatic rings. The summed E-state index contributed by atoms with van der Waals surface area (Å²) in [6.07, 6.45) is -0.721. The van der Waals surface area contributed by atoms with Crippen molar-refractivity contribution in [3.05, 3.63) is 89.1 Å². The molecule has 0 aliphatic rings. The molecular weight excluding hydrogens is 480 g/mol. The van der Waals surface area contributed by atoms with Gasteiger partial charge in [0, 0.05) is 25.3 Å². The Bertz CT molecular complexity index is 1550. The second kappa shape index (κ2) is 10.3. The molecule has 0 radical (unpaired) electrons. The lowest BCUT2D eigenvalue weighted by atomic mass is 10.1. The molecule has 0 aliphatic carbocycles. The zero-order valence-electron chi connectivity index (χ0n) is 20.1. The van der Waals surface area contributed by atoms with Crippen molar-refractivity contribution in [3.63, 3.8) is 0 Å². The smallest absolute Gasteiger partial charge is 0.265 e. The summed E-state index contributed by atoms with van der Waals surface area (Å²) in [5.74, 6) is -0.287. The van der Waals surface area contributed by atoms with Crippen LogP contribution in [0, 0.1) is 0 Å². The quantitative estimate of drug-likeness (QED) is 0.377. The normalized spacial score (nSPS) is 12.4. The van der Waals surface area contributed by atoms with E-state index in [4.69, 9.17) is 9.15 Å². The third kappa shape index (κ3) is 5.02. The maximum Gasteiger partial charge on any atom is 0.265 e. The highest BCUT2D eigenvalue weighted by Crippen LogP contribution is 2.31. The summed E-state index contributed by atoms with van der Waals surface area (Å²) in [6, 6.07) is 21.8. The lowest BCUT2D eigenvalue weighted by Gasteiger charge is -2.19. The summed E-state index contributed by atoms with van der Waals surface area (Å²) in [4.78, 5) is 26.5. The van der Waals surface area contributed by atoms with Crippen molar-refractivity contribution in [1.82, 2.24) is 4.31 Å². The van der Waals surface area contributed by atoms with Crippen LogP contribution in [0.5, 0.6) is 5.75 Å². The molecule has 1 heterocycles. The van der Waals surface area contributed by atoms with E-state index in [-0.39, 0.29) is 28.3 Å². The Hall–Kier alpha value is -3.95. The Kier molecular flexibility index (Phi) is 7.23.